The van der Waals surface area contributed by atoms with Crippen molar-refractivity contribution in [3.63, 3.8) is 0 Å². The smallest absolute Gasteiger partial charge is 0.416 e. The molecule has 0 saturated carbocycles. The van der Waals surface area contributed by atoms with Crippen LogP contribution in [0.1, 0.15) is 34.9 Å². The standard InChI is InChI=1S/C27H24F3N3O3/c1-33-26(31-17-32-33)24(15-25(34)35-2)20-8-12-23(13-9-20)36-16-18-4-3-5-21(14-18)19-6-10-22(11-7-19)27(28,29)30/h3-14,17,24H,15-16H2,1-2H3/t24-/m0/s1. The number of hydrogen-bond acceptors (Lipinski definition) is 5. The van der Waals surface area contributed by atoms with Crippen LogP contribution in [0.2, 0.25) is 0 Å². The van der Waals surface area contributed by atoms with Crippen LogP contribution >= 0.6 is 0 Å². The molecule has 0 spiro atoms. The zero-order chi connectivity index (χ0) is 25.7. The van der Waals surface area contributed by atoms with Crippen LogP contribution in [0.15, 0.2) is 79.1 Å². The number of hydrogen-bond donors (Lipinski definition) is 0. The summed E-state index contributed by atoms with van der Waals surface area (Å²) in [5.74, 6) is 0.610. The summed E-state index contributed by atoms with van der Waals surface area (Å²) in [6.07, 6.45) is -2.80. The van der Waals surface area contributed by atoms with Crippen LogP contribution in [0.4, 0.5) is 13.2 Å². The molecule has 0 fully saturated rings. The molecule has 4 rings (SSSR count). The van der Waals surface area contributed by atoms with Crippen molar-refractivity contribution in [2.24, 2.45) is 7.05 Å². The molecule has 1 atom stereocenters. The van der Waals surface area contributed by atoms with Gasteiger partial charge in [-0.1, -0.05) is 42.5 Å². The van der Waals surface area contributed by atoms with E-state index in [0.717, 1.165) is 28.8 Å². The first-order chi connectivity index (χ1) is 17.2. The quantitative estimate of drug-likeness (QED) is 0.290. The molecule has 0 amide bonds. The summed E-state index contributed by atoms with van der Waals surface area (Å²) in [6.45, 7) is 0.280. The van der Waals surface area contributed by atoms with Gasteiger partial charge < -0.3 is 9.47 Å². The Labute approximate surface area is 206 Å². The molecule has 1 heterocycles. The Hall–Kier alpha value is -4.14. The highest BCUT2D eigenvalue weighted by atomic mass is 19.4. The van der Waals surface area contributed by atoms with Crippen molar-refractivity contribution in [2.75, 3.05) is 7.11 Å². The van der Waals surface area contributed by atoms with Crippen LogP contribution < -0.4 is 4.74 Å². The predicted molar refractivity (Wildman–Crippen MR) is 127 cm³/mol. The van der Waals surface area contributed by atoms with Crippen LogP contribution in [0, 0.1) is 0 Å². The summed E-state index contributed by atoms with van der Waals surface area (Å²) in [4.78, 5) is 16.2. The molecule has 0 aliphatic carbocycles. The molecule has 4 aromatic rings. The number of carbonyl (C=O) groups is 1. The largest absolute Gasteiger partial charge is 0.489 e. The normalized spacial score (nSPS) is 12.2. The molecule has 186 valence electrons. The third-order valence-corrected chi connectivity index (χ3v) is 5.82. The van der Waals surface area contributed by atoms with Gasteiger partial charge in [-0.3, -0.25) is 9.48 Å². The van der Waals surface area contributed by atoms with E-state index in [0.29, 0.717) is 17.1 Å². The predicted octanol–water partition coefficient (Wildman–Crippen LogP) is 5.77. The SMILES string of the molecule is COC(=O)C[C@@H](c1ccc(OCc2cccc(-c3ccc(C(F)(F)F)cc3)c2)cc1)c1ncnn1C. The lowest BCUT2D eigenvalue weighted by Gasteiger charge is -2.16. The number of ether oxygens (including phenoxy) is 2. The molecule has 9 heteroatoms. The van der Waals surface area contributed by atoms with Crippen LogP contribution in [-0.2, 0) is 29.4 Å². The van der Waals surface area contributed by atoms with E-state index >= 15 is 0 Å². The molecule has 0 bridgehead atoms. The van der Waals surface area contributed by atoms with Crippen LogP contribution in [-0.4, -0.2) is 27.8 Å². The lowest BCUT2D eigenvalue weighted by Crippen LogP contribution is -2.14. The van der Waals surface area contributed by atoms with Crippen molar-refractivity contribution in [3.05, 3.63) is 102 Å². The van der Waals surface area contributed by atoms with E-state index in [1.54, 1.807) is 11.7 Å². The Kier molecular flexibility index (Phi) is 7.38. The number of aromatic nitrogens is 3. The lowest BCUT2D eigenvalue weighted by atomic mass is 9.94. The van der Waals surface area contributed by atoms with Gasteiger partial charge in [0.25, 0.3) is 0 Å². The number of benzene rings is 3. The van der Waals surface area contributed by atoms with Gasteiger partial charge in [0.1, 0.15) is 24.5 Å². The van der Waals surface area contributed by atoms with Crippen molar-refractivity contribution in [3.8, 4) is 16.9 Å². The summed E-state index contributed by atoms with van der Waals surface area (Å²) in [6, 6.07) is 19.9. The zero-order valence-corrected chi connectivity index (χ0v) is 19.7. The molecule has 0 radical (unpaired) electrons. The molecule has 1 aromatic heterocycles. The average molecular weight is 496 g/mol. The minimum atomic E-state index is -4.36. The van der Waals surface area contributed by atoms with Gasteiger partial charge in [-0.05, 0) is 52.6 Å². The highest BCUT2D eigenvalue weighted by Gasteiger charge is 2.30. The molecular weight excluding hydrogens is 471 g/mol. The van der Waals surface area contributed by atoms with E-state index in [2.05, 4.69) is 10.1 Å². The Balaban J connectivity index is 1.45. The molecule has 0 N–H and O–H groups in total. The van der Waals surface area contributed by atoms with Crippen LogP contribution in [0.5, 0.6) is 5.75 Å². The van der Waals surface area contributed by atoms with Gasteiger partial charge in [0, 0.05) is 7.05 Å². The molecule has 6 nitrogen and oxygen atoms in total. The summed E-state index contributed by atoms with van der Waals surface area (Å²) >= 11 is 0. The summed E-state index contributed by atoms with van der Waals surface area (Å²) in [5, 5.41) is 4.10. The van der Waals surface area contributed by atoms with Crippen LogP contribution in [0.3, 0.4) is 0 Å². The number of alkyl halides is 3. The summed E-state index contributed by atoms with van der Waals surface area (Å²) < 4.78 is 50.9. The van der Waals surface area contributed by atoms with Crippen LogP contribution in [0.25, 0.3) is 11.1 Å². The minimum Gasteiger partial charge on any atom is -0.489 e. The fourth-order valence-electron chi connectivity index (χ4n) is 3.88. The van der Waals surface area contributed by atoms with Gasteiger partial charge in [0.15, 0.2) is 0 Å². The van der Waals surface area contributed by atoms with Gasteiger partial charge in [0.2, 0.25) is 0 Å². The number of halogens is 3. The maximum absolute atomic E-state index is 12.8. The summed E-state index contributed by atoms with van der Waals surface area (Å²) in [5.41, 5.74) is 2.55. The summed E-state index contributed by atoms with van der Waals surface area (Å²) in [7, 11) is 3.11. The minimum absolute atomic E-state index is 0.125. The Morgan fingerprint density at radius 3 is 2.33 bits per heavy atom. The highest BCUT2D eigenvalue weighted by molar-refractivity contribution is 5.71. The van der Waals surface area contributed by atoms with E-state index < -0.39 is 11.7 Å². The maximum atomic E-state index is 12.8. The molecular formula is C27H24F3N3O3. The third-order valence-electron chi connectivity index (χ3n) is 5.82. The molecule has 3 aromatic carbocycles. The van der Waals surface area contributed by atoms with Gasteiger partial charge in [-0.2, -0.15) is 18.3 Å². The number of esters is 1. The molecule has 0 aliphatic rings. The molecule has 0 saturated heterocycles. The first-order valence-corrected chi connectivity index (χ1v) is 11.1. The van der Waals surface area contributed by atoms with Crippen molar-refractivity contribution in [1.82, 2.24) is 14.8 Å². The maximum Gasteiger partial charge on any atom is 0.416 e. The van der Waals surface area contributed by atoms with E-state index in [1.165, 1.54) is 25.6 Å². The lowest BCUT2D eigenvalue weighted by molar-refractivity contribution is -0.141. The van der Waals surface area contributed by atoms with Crippen molar-refractivity contribution >= 4 is 5.97 Å². The topological polar surface area (TPSA) is 66.2 Å². The monoisotopic (exact) mass is 495 g/mol. The van der Waals surface area contributed by atoms with E-state index in [-0.39, 0.29) is 24.9 Å². The molecule has 36 heavy (non-hydrogen) atoms. The second kappa shape index (κ2) is 10.6. The first kappa shape index (κ1) is 25.0. The van der Waals surface area contributed by atoms with Gasteiger partial charge >= 0.3 is 12.1 Å². The zero-order valence-electron chi connectivity index (χ0n) is 19.7. The Morgan fingerprint density at radius 1 is 1.00 bits per heavy atom. The number of rotatable bonds is 8. The third kappa shape index (κ3) is 5.91. The Morgan fingerprint density at radius 2 is 1.72 bits per heavy atom. The van der Waals surface area contributed by atoms with Gasteiger partial charge in [0.05, 0.1) is 25.0 Å². The van der Waals surface area contributed by atoms with E-state index in [4.69, 9.17) is 9.47 Å². The van der Waals surface area contributed by atoms with Gasteiger partial charge in [-0.15, -0.1) is 0 Å². The van der Waals surface area contributed by atoms with E-state index in [9.17, 15) is 18.0 Å². The Bertz CT molecular complexity index is 1320. The second-order valence-electron chi connectivity index (χ2n) is 8.21. The van der Waals surface area contributed by atoms with Crippen molar-refractivity contribution < 1.29 is 27.4 Å². The second-order valence-corrected chi connectivity index (χ2v) is 8.21. The highest BCUT2D eigenvalue weighted by Crippen LogP contribution is 2.32. The number of aryl methyl sites for hydroxylation is 1. The number of nitrogens with zero attached hydrogens (tertiary/aromatic N) is 3. The fraction of sp³-hybridized carbons (Fsp3) is 0.222. The number of carbonyl (C=O) groups excluding carboxylic acids is 1. The average Bonchev–Trinajstić information content (AvgIpc) is 3.31. The molecule has 0 aliphatic heterocycles. The fourth-order valence-corrected chi connectivity index (χ4v) is 3.88. The van der Waals surface area contributed by atoms with Gasteiger partial charge in [-0.25, -0.2) is 4.98 Å². The first-order valence-electron chi connectivity index (χ1n) is 11.1. The number of methoxy groups -OCH3 is 1. The van der Waals surface area contributed by atoms with Crippen molar-refractivity contribution in [1.29, 1.82) is 0 Å². The van der Waals surface area contributed by atoms with E-state index in [1.807, 2.05) is 48.5 Å². The van der Waals surface area contributed by atoms with Crippen molar-refractivity contribution in [2.45, 2.75) is 25.1 Å². The molecule has 0 unspecified atom stereocenters.